The highest BCUT2D eigenvalue weighted by atomic mass is 15.0. The van der Waals surface area contributed by atoms with Gasteiger partial charge in [0.15, 0.2) is 0 Å². The van der Waals surface area contributed by atoms with E-state index in [1.165, 1.54) is 76.9 Å². The third-order valence-corrected chi connectivity index (χ3v) is 9.86. The van der Waals surface area contributed by atoms with E-state index in [1.807, 2.05) is 0 Å². The normalized spacial score (nSPS) is 15.7. The van der Waals surface area contributed by atoms with E-state index in [0.717, 1.165) is 12.8 Å². The Hall–Kier alpha value is -4.88. The lowest BCUT2D eigenvalue weighted by Gasteiger charge is -2.23. The number of allylic oxidation sites excluding steroid dienone is 4. The van der Waals surface area contributed by atoms with E-state index in [-0.39, 0.29) is 5.41 Å². The third-order valence-electron chi connectivity index (χ3n) is 9.86. The van der Waals surface area contributed by atoms with Crippen LogP contribution in [0.3, 0.4) is 0 Å². The molecule has 0 bridgehead atoms. The molecule has 0 radical (unpaired) electrons. The van der Waals surface area contributed by atoms with Gasteiger partial charge in [0.1, 0.15) is 0 Å². The summed E-state index contributed by atoms with van der Waals surface area (Å²) in [6.45, 7) is 4.81. The minimum atomic E-state index is -0.00577. The van der Waals surface area contributed by atoms with Crippen molar-refractivity contribution in [3.63, 3.8) is 0 Å². The van der Waals surface area contributed by atoms with Crippen molar-refractivity contribution >= 4 is 48.9 Å². The fourth-order valence-electron chi connectivity index (χ4n) is 7.95. The van der Waals surface area contributed by atoms with Crippen molar-refractivity contribution < 1.29 is 0 Å². The molecule has 200 valence electrons. The first-order valence-electron chi connectivity index (χ1n) is 15.1. The van der Waals surface area contributed by atoms with E-state index >= 15 is 0 Å². The molecule has 1 heterocycles. The molecule has 6 aromatic carbocycles. The van der Waals surface area contributed by atoms with Crippen LogP contribution in [0.4, 0.5) is 0 Å². The van der Waals surface area contributed by atoms with Crippen molar-refractivity contribution in [2.75, 3.05) is 0 Å². The fourth-order valence-corrected chi connectivity index (χ4v) is 7.95. The predicted octanol–water partition coefficient (Wildman–Crippen LogP) is 11.2. The Morgan fingerprint density at radius 2 is 1.24 bits per heavy atom. The summed E-state index contributed by atoms with van der Waals surface area (Å²) in [6, 6.07) is 42.6. The second-order valence-corrected chi connectivity index (χ2v) is 12.4. The lowest BCUT2D eigenvalue weighted by Crippen LogP contribution is -2.16. The number of aromatic nitrogens is 1. The molecule has 0 spiro atoms. The van der Waals surface area contributed by atoms with Crippen LogP contribution in [-0.4, -0.2) is 4.57 Å². The Kier molecular flexibility index (Phi) is 4.85. The summed E-state index contributed by atoms with van der Waals surface area (Å²) in [5, 5.41) is 8.06. The van der Waals surface area contributed by atoms with Crippen LogP contribution in [0.15, 0.2) is 133 Å². The molecular formula is C41H31N. The van der Waals surface area contributed by atoms with E-state index in [0.29, 0.717) is 0 Å². The molecule has 7 aromatic rings. The number of benzene rings is 6. The standard InChI is InChI=1S/C41H31N/c1-41(2)34-19-11-10-18-33(34)37-35(41)24-25-36-39(37)38-31-16-8-6-14-29(31)30-15-7-9-17-32(30)40(38)42(36)28-22-20-27(21-23-28)26-12-4-3-5-13-26/h3-9,11-17,19-25H,10,18H2,1-2H3. The van der Waals surface area contributed by atoms with Crippen molar-refractivity contribution in [2.45, 2.75) is 32.1 Å². The third kappa shape index (κ3) is 3.09. The lowest BCUT2D eigenvalue weighted by atomic mass is 9.80. The molecule has 0 fully saturated rings. The van der Waals surface area contributed by atoms with Gasteiger partial charge in [0.05, 0.1) is 11.0 Å². The second-order valence-electron chi connectivity index (χ2n) is 12.4. The Morgan fingerprint density at radius 1 is 0.595 bits per heavy atom. The molecule has 1 heteroatoms. The second kappa shape index (κ2) is 8.57. The van der Waals surface area contributed by atoms with Crippen LogP contribution in [0.5, 0.6) is 0 Å². The highest BCUT2D eigenvalue weighted by Gasteiger charge is 2.39. The van der Waals surface area contributed by atoms with Crippen LogP contribution < -0.4 is 0 Å². The molecule has 1 aromatic heterocycles. The van der Waals surface area contributed by atoms with Gasteiger partial charge >= 0.3 is 0 Å². The molecule has 0 saturated heterocycles. The molecular weight excluding hydrogens is 506 g/mol. The van der Waals surface area contributed by atoms with Gasteiger partial charge in [0, 0.05) is 27.3 Å². The van der Waals surface area contributed by atoms with Gasteiger partial charge in [-0.3, -0.25) is 0 Å². The van der Waals surface area contributed by atoms with Gasteiger partial charge in [0.25, 0.3) is 0 Å². The molecule has 0 unspecified atom stereocenters. The van der Waals surface area contributed by atoms with Gasteiger partial charge in [0.2, 0.25) is 0 Å². The van der Waals surface area contributed by atoms with Gasteiger partial charge in [-0.2, -0.15) is 0 Å². The summed E-state index contributed by atoms with van der Waals surface area (Å²) >= 11 is 0. The maximum Gasteiger partial charge on any atom is 0.0626 e. The molecule has 0 N–H and O–H groups in total. The number of fused-ring (bicyclic) bond motifs is 11. The number of rotatable bonds is 2. The molecule has 2 aliphatic carbocycles. The zero-order valence-corrected chi connectivity index (χ0v) is 24.0. The van der Waals surface area contributed by atoms with Gasteiger partial charge in [-0.25, -0.2) is 0 Å². The summed E-state index contributed by atoms with van der Waals surface area (Å²) in [4.78, 5) is 0. The smallest absolute Gasteiger partial charge is 0.0626 e. The Labute approximate surface area is 246 Å². The first kappa shape index (κ1) is 23.8. The summed E-state index contributed by atoms with van der Waals surface area (Å²) in [7, 11) is 0. The maximum atomic E-state index is 2.54. The van der Waals surface area contributed by atoms with Crippen LogP contribution in [0.2, 0.25) is 0 Å². The average molecular weight is 538 g/mol. The van der Waals surface area contributed by atoms with Crippen LogP contribution in [0.25, 0.3) is 65.7 Å². The molecule has 0 aliphatic heterocycles. The quantitative estimate of drug-likeness (QED) is 0.193. The van der Waals surface area contributed by atoms with Gasteiger partial charge in [-0.15, -0.1) is 0 Å². The van der Waals surface area contributed by atoms with Crippen molar-refractivity contribution in [3.8, 4) is 16.8 Å². The van der Waals surface area contributed by atoms with Crippen LogP contribution in [0.1, 0.15) is 37.8 Å². The van der Waals surface area contributed by atoms with Crippen molar-refractivity contribution in [2.24, 2.45) is 0 Å². The lowest BCUT2D eigenvalue weighted by molar-refractivity contribution is 0.652. The molecule has 2 aliphatic rings. The minimum Gasteiger partial charge on any atom is -0.309 e. The van der Waals surface area contributed by atoms with E-state index in [2.05, 4.69) is 146 Å². The highest BCUT2D eigenvalue weighted by Crippen LogP contribution is 2.55. The summed E-state index contributed by atoms with van der Waals surface area (Å²) in [6.07, 6.45) is 6.98. The minimum absolute atomic E-state index is 0.00577. The molecule has 1 nitrogen and oxygen atoms in total. The van der Waals surface area contributed by atoms with Gasteiger partial charge < -0.3 is 4.57 Å². The first-order chi connectivity index (χ1) is 20.6. The zero-order valence-electron chi connectivity index (χ0n) is 24.0. The number of hydrogen-bond donors (Lipinski definition) is 0. The van der Waals surface area contributed by atoms with E-state index in [1.54, 1.807) is 5.57 Å². The summed E-state index contributed by atoms with van der Waals surface area (Å²) in [5.41, 5.74) is 12.2. The van der Waals surface area contributed by atoms with Crippen molar-refractivity contribution in [1.82, 2.24) is 4.57 Å². The molecule has 9 rings (SSSR count). The van der Waals surface area contributed by atoms with E-state index < -0.39 is 0 Å². The summed E-state index contributed by atoms with van der Waals surface area (Å²) < 4.78 is 2.54. The fraction of sp³-hybridized carbons (Fsp3) is 0.122. The zero-order chi connectivity index (χ0) is 28.0. The van der Waals surface area contributed by atoms with Crippen molar-refractivity contribution in [1.29, 1.82) is 0 Å². The monoisotopic (exact) mass is 537 g/mol. The highest BCUT2D eigenvalue weighted by molar-refractivity contribution is 6.33. The Balaban J connectivity index is 1.48. The molecule has 0 saturated carbocycles. The van der Waals surface area contributed by atoms with Crippen LogP contribution >= 0.6 is 0 Å². The van der Waals surface area contributed by atoms with Crippen LogP contribution in [-0.2, 0) is 5.41 Å². The Morgan fingerprint density at radius 3 is 2.00 bits per heavy atom. The average Bonchev–Trinajstić information content (AvgIpc) is 3.52. The van der Waals surface area contributed by atoms with Gasteiger partial charge in [-0.05, 0) is 80.6 Å². The topological polar surface area (TPSA) is 4.93 Å². The van der Waals surface area contributed by atoms with Crippen LogP contribution in [0, 0.1) is 0 Å². The van der Waals surface area contributed by atoms with E-state index in [4.69, 9.17) is 0 Å². The first-order valence-corrected chi connectivity index (χ1v) is 15.1. The van der Waals surface area contributed by atoms with Gasteiger partial charge in [-0.1, -0.05) is 123 Å². The number of nitrogens with zero attached hydrogens (tertiary/aromatic N) is 1. The molecule has 0 atom stereocenters. The molecule has 0 amide bonds. The van der Waals surface area contributed by atoms with E-state index in [9.17, 15) is 0 Å². The van der Waals surface area contributed by atoms with Crippen molar-refractivity contribution in [3.05, 3.63) is 144 Å². The molecule has 42 heavy (non-hydrogen) atoms. The predicted molar refractivity (Wildman–Crippen MR) is 180 cm³/mol. The SMILES string of the molecule is CC1(C)C2=C(CCC=C2)c2c1ccc1c2c2c3ccccc3c3ccccc3c2n1-c1ccc(-c2ccccc2)cc1. The largest absolute Gasteiger partial charge is 0.309 e. The number of hydrogen-bond acceptors (Lipinski definition) is 0. The maximum absolute atomic E-state index is 2.54. The summed E-state index contributed by atoms with van der Waals surface area (Å²) in [5.74, 6) is 0. The Bertz CT molecular complexity index is 2290.